The highest BCUT2D eigenvalue weighted by molar-refractivity contribution is 5.93. The molecule has 3 atom stereocenters. The largest absolute Gasteiger partial charge is 0.478 e. The third-order valence-corrected chi connectivity index (χ3v) is 7.82. The third kappa shape index (κ3) is 11.7. The van der Waals surface area contributed by atoms with Crippen molar-refractivity contribution in [3.8, 4) is 0 Å². The molecule has 0 bridgehead atoms. The second kappa shape index (κ2) is 16.7. The molecule has 0 aliphatic rings. The van der Waals surface area contributed by atoms with Crippen LogP contribution in [0.15, 0.2) is 48.6 Å². The molecule has 12 heteroatoms. The maximum absolute atomic E-state index is 14.5. The molecule has 1 rings (SSSR count). The number of carbonyl (C=O) groups is 5. The van der Waals surface area contributed by atoms with E-state index in [4.69, 9.17) is 9.47 Å². The van der Waals surface area contributed by atoms with Crippen LogP contribution in [0.1, 0.15) is 81.7 Å². The van der Waals surface area contributed by atoms with Gasteiger partial charge in [0.05, 0.1) is 6.04 Å². The number of hydrogen-bond donors (Lipinski definition) is 3. The zero-order chi connectivity index (χ0) is 37.4. The van der Waals surface area contributed by atoms with E-state index in [1.54, 1.807) is 65.9 Å². The Balaban J connectivity index is 3.71. The minimum absolute atomic E-state index is 0.0240. The quantitative estimate of drug-likeness (QED) is 0.171. The van der Waals surface area contributed by atoms with Crippen LogP contribution in [0, 0.1) is 11.3 Å². The second-order valence-electron chi connectivity index (χ2n) is 15.0. The summed E-state index contributed by atoms with van der Waals surface area (Å²) in [6, 6.07) is 3.99. The number of benzene rings is 1. The Morgan fingerprint density at radius 3 is 2.04 bits per heavy atom. The molecule has 1 aromatic rings. The van der Waals surface area contributed by atoms with Gasteiger partial charge < -0.3 is 24.8 Å². The van der Waals surface area contributed by atoms with Crippen LogP contribution in [-0.4, -0.2) is 89.3 Å². The highest BCUT2D eigenvalue weighted by Crippen LogP contribution is 2.34. The van der Waals surface area contributed by atoms with Gasteiger partial charge in [-0.2, -0.15) is 0 Å². The number of rotatable bonds is 13. The van der Waals surface area contributed by atoms with E-state index in [1.807, 2.05) is 34.6 Å². The third-order valence-electron chi connectivity index (χ3n) is 7.82. The van der Waals surface area contributed by atoms with Gasteiger partial charge in [0, 0.05) is 30.8 Å². The Morgan fingerprint density at radius 2 is 1.56 bits per heavy atom. The summed E-state index contributed by atoms with van der Waals surface area (Å²) < 4.78 is 10.7. The first kappa shape index (κ1) is 41.7. The molecule has 0 unspecified atom stereocenters. The smallest absolute Gasteiger partial charge is 0.411 e. The van der Waals surface area contributed by atoms with Gasteiger partial charge in [-0.25, -0.2) is 14.4 Å². The van der Waals surface area contributed by atoms with E-state index < -0.39 is 64.5 Å². The number of hydrogen-bond acceptors (Lipinski definition) is 7. The molecular weight excluding hydrogens is 616 g/mol. The molecule has 0 heterocycles. The molecule has 0 aliphatic heterocycles. The lowest BCUT2D eigenvalue weighted by molar-refractivity contribution is -0.142. The predicted molar refractivity (Wildman–Crippen MR) is 187 cm³/mol. The van der Waals surface area contributed by atoms with Crippen LogP contribution in [0.25, 0.3) is 0 Å². The van der Waals surface area contributed by atoms with E-state index in [0.29, 0.717) is 11.3 Å². The van der Waals surface area contributed by atoms with E-state index >= 15 is 0 Å². The second-order valence-corrected chi connectivity index (χ2v) is 15.0. The monoisotopic (exact) mass is 672 g/mol. The van der Waals surface area contributed by atoms with Crippen molar-refractivity contribution < 1.29 is 38.6 Å². The number of nitrogens with zero attached hydrogens (tertiary/aromatic N) is 2. The van der Waals surface area contributed by atoms with E-state index in [9.17, 15) is 29.1 Å². The highest BCUT2D eigenvalue weighted by atomic mass is 16.6. The number of carboxylic acids is 1. The lowest BCUT2D eigenvalue weighted by Crippen LogP contribution is -2.63. The summed E-state index contributed by atoms with van der Waals surface area (Å²) in [6.07, 6.45) is 1.54. The van der Waals surface area contributed by atoms with E-state index in [2.05, 4.69) is 17.2 Å². The summed E-state index contributed by atoms with van der Waals surface area (Å²) in [6.45, 7) is 22.9. The van der Waals surface area contributed by atoms with Crippen molar-refractivity contribution in [3.63, 3.8) is 0 Å². The Hall–Kier alpha value is -4.35. The van der Waals surface area contributed by atoms with Crippen LogP contribution in [0.2, 0.25) is 0 Å². The van der Waals surface area contributed by atoms with Crippen molar-refractivity contribution in [1.82, 2.24) is 15.1 Å². The van der Waals surface area contributed by atoms with Crippen molar-refractivity contribution in [1.29, 1.82) is 0 Å². The molecular formula is C36H56N4O8. The van der Waals surface area contributed by atoms with Gasteiger partial charge in [0.2, 0.25) is 11.8 Å². The minimum atomic E-state index is -1.20. The fraction of sp³-hybridized carbons (Fsp3) is 0.583. The summed E-state index contributed by atoms with van der Waals surface area (Å²) in [5.74, 6) is -2.27. The van der Waals surface area contributed by atoms with Crippen LogP contribution in [0.3, 0.4) is 0 Å². The van der Waals surface area contributed by atoms with Crippen molar-refractivity contribution in [2.75, 3.05) is 26.0 Å². The SMILES string of the molecule is C=CCOC(=O)Nc1cccc(C(C)(C)[C@@H](C(=O)N[C@H](C(=O)N(C)[C@H](C=C(C)C(=O)O)C(C)C)C(C)(C)C)N(C)C(=O)OC(C)(C)C)c1. The first-order chi connectivity index (χ1) is 21.8. The van der Waals surface area contributed by atoms with Gasteiger partial charge in [-0.1, -0.05) is 79.3 Å². The molecule has 0 fully saturated rings. The summed E-state index contributed by atoms with van der Waals surface area (Å²) in [5.41, 5.74) is -1.64. The molecule has 0 aliphatic carbocycles. The molecule has 268 valence electrons. The molecule has 3 N–H and O–H groups in total. The van der Waals surface area contributed by atoms with Gasteiger partial charge in [-0.3, -0.25) is 19.8 Å². The lowest BCUT2D eigenvalue weighted by atomic mass is 9.76. The number of amides is 4. The normalized spacial score (nSPS) is 14.2. The van der Waals surface area contributed by atoms with Crippen LogP contribution in [-0.2, 0) is 29.3 Å². The highest BCUT2D eigenvalue weighted by Gasteiger charge is 2.46. The van der Waals surface area contributed by atoms with Crippen LogP contribution < -0.4 is 10.6 Å². The minimum Gasteiger partial charge on any atom is -0.478 e. The molecule has 0 saturated carbocycles. The molecule has 1 aromatic carbocycles. The molecule has 48 heavy (non-hydrogen) atoms. The van der Waals surface area contributed by atoms with Gasteiger partial charge in [-0.15, -0.1) is 0 Å². The molecule has 0 aromatic heterocycles. The topological polar surface area (TPSA) is 155 Å². The molecule has 0 spiro atoms. The van der Waals surface area contributed by atoms with Crippen molar-refractivity contribution >= 4 is 35.7 Å². The maximum atomic E-state index is 14.5. The number of carbonyl (C=O) groups excluding carboxylic acids is 4. The number of ether oxygens (including phenoxy) is 2. The van der Waals surface area contributed by atoms with Gasteiger partial charge in [0.25, 0.3) is 0 Å². The Labute approximate surface area is 285 Å². The van der Waals surface area contributed by atoms with E-state index in [0.717, 1.165) is 0 Å². The van der Waals surface area contributed by atoms with Gasteiger partial charge >= 0.3 is 18.2 Å². The van der Waals surface area contributed by atoms with Gasteiger partial charge in [-0.05, 0) is 56.7 Å². The Morgan fingerprint density at radius 1 is 0.979 bits per heavy atom. The Bertz CT molecular complexity index is 1370. The molecule has 12 nitrogen and oxygen atoms in total. The number of nitrogens with one attached hydrogen (secondary N) is 2. The van der Waals surface area contributed by atoms with Crippen molar-refractivity contribution in [2.24, 2.45) is 11.3 Å². The standard InChI is InChI=1S/C36H56N4O8/c1-15-19-47-32(45)37-25-18-16-17-24(21-25)36(11,12)28(40(14)33(46)48-35(8,9)10)29(41)38-27(34(5,6)7)30(42)39(13)26(22(2)3)20-23(4)31(43)44/h15-18,20-22,26-28H,1,19H2,2-14H3,(H,37,45)(H,38,41)(H,43,44)/t26-,27-,28-/m1/s1. The number of carboxylic acid groups (broad SMARTS) is 1. The van der Waals surface area contributed by atoms with E-state index in [-0.39, 0.29) is 18.1 Å². The first-order valence-electron chi connectivity index (χ1n) is 15.9. The molecule has 0 saturated heterocycles. The number of anilines is 1. The van der Waals surface area contributed by atoms with Gasteiger partial charge in [0.15, 0.2) is 0 Å². The fourth-order valence-electron chi connectivity index (χ4n) is 5.17. The van der Waals surface area contributed by atoms with E-state index in [1.165, 1.54) is 35.9 Å². The Kier molecular flexibility index (Phi) is 14.5. The lowest BCUT2D eigenvalue weighted by Gasteiger charge is -2.42. The summed E-state index contributed by atoms with van der Waals surface area (Å²) in [4.78, 5) is 68.6. The fourth-order valence-corrected chi connectivity index (χ4v) is 5.17. The summed E-state index contributed by atoms with van der Waals surface area (Å²) in [5, 5.41) is 15.1. The predicted octanol–water partition coefficient (Wildman–Crippen LogP) is 5.98. The van der Waals surface area contributed by atoms with Crippen LogP contribution in [0.4, 0.5) is 15.3 Å². The number of aliphatic carboxylic acids is 1. The van der Waals surface area contributed by atoms with Crippen LogP contribution >= 0.6 is 0 Å². The maximum Gasteiger partial charge on any atom is 0.411 e. The number of likely N-dealkylation sites (N-methyl/N-ethyl adjacent to an activating group) is 2. The van der Waals surface area contributed by atoms with Gasteiger partial charge in [0.1, 0.15) is 24.3 Å². The van der Waals surface area contributed by atoms with Crippen molar-refractivity contribution in [2.45, 2.75) is 105 Å². The molecule has 0 radical (unpaired) electrons. The summed E-state index contributed by atoms with van der Waals surface area (Å²) >= 11 is 0. The zero-order valence-electron chi connectivity index (χ0n) is 30.9. The first-order valence-corrected chi connectivity index (χ1v) is 15.9. The average molecular weight is 673 g/mol. The van der Waals surface area contributed by atoms with Crippen molar-refractivity contribution in [3.05, 3.63) is 54.1 Å². The summed E-state index contributed by atoms with van der Waals surface area (Å²) in [7, 11) is 3.04. The van der Waals surface area contributed by atoms with Crippen LogP contribution in [0.5, 0.6) is 0 Å². The molecule has 4 amide bonds. The zero-order valence-corrected chi connectivity index (χ0v) is 30.9. The average Bonchev–Trinajstić information content (AvgIpc) is 2.95.